The standard InChI is InChI=1S/C13H16Cl2N2O3S/c1-2-13(18)16-5-7-17(8-6-16)21(19,20)10-3-4-11(14)12(15)9-10/h3-4,9H,2,5-8H2,1H3. The molecule has 0 bridgehead atoms. The van der Waals surface area contributed by atoms with Crippen LogP contribution in [-0.4, -0.2) is 49.7 Å². The van der Waals surface area contributed by atoms with E-state index < -0.39 is 10.0 Å². The quantitative estimate of drug-likeness (QED) is 0.839. The summed E-state index contributed by atoms with van der Waals surface area (Å²) in [7, 11) is -3.60. The highest BCUT2D eigenvalue weighted by molar-refractivity contribution is 7.89. The normalized spacial score (nSPS) is 17.0. The molecule has 0 spiro atoms. The highest BCUT2D eigenvalue weighted by Crippen LogP contribution is 2.27. The summed E-state index contributed by atoms with van der Waals surface area (Å²) in [6.45, 7) is 3.18. The topological polar surface area (TPSA) is 57.7 Å². The Bertz CT molecular complexity index is 641. The first-order valence-corrected chi connectivity index (χ1v) is 8.79. The fourth-order valence-electron chi connectivity index (χ4n) is 2.19. The first-order chi connectivity index (χ1) is 9.86. The molecule has 0 N–H and O–H groups in total. The van der Waals surface area contributed by atoms with E-state index in [9.17, 15) is 13.2 Å². The second-order valence-corrected chi connectivity index (χ2v) is 7.47. The van der Waals surface area contributed by atoms with Crippen LogP contribution in [0.5, 0.6) is 0 Å². The van der Waals surface area contributed by atoms with Gasteiger partial charge in [0.2, 0.25) is 15.9 Å². The molecular formula is C13H16Cl2N2O3S. The van der Waals surface area contributed by atoms with Crippen molar-refractivity contribution in [3.63, 3.8) is 0 Å². The van der Waals surface area contributed by atoms with Gasteiger partial charge in [0, 0.05) is 32.6 Å². The van der Waals surface area contributed by atoms with Gasteiger partial charge in [0.25, 0.3) is 0 Å². The van der Waals surface area contributed by atoms with Gasteiger partial charge in [-0.05, 0) is 18.2 Å². The van der Waals surface area contributed by atoms with Gasteiger partial charge in [-0.25, -0.2) is 8.42 Å². The van der Waals surface area contributed by atoms with Crippen LogP contribution >= 0.6 is 23.2 Å². The lowest BCUT2D eigenvalue weighted by molar-refractivity contribution is -0.132. The van der Waals surface area contributed by atoms with Gasteiger partial charge in [-0.15, -0.1) is 0 Å². The number of piperazine rings is 1. The minimum Gasteiger partial charge on any atom is -0.340 e. The number of benzene rings is 1. The smallest absolute Gasteiger partial charge is 0.243 e. The summed E-state index contributed by atoms with van der Waals surface area (Å²) in [5.74, 6) is 0.0431. The molecule has 1 saturated heterocycles. The number of hydrogen-bond donors (Lipinski definition) is 0. The second kappa shape index (κ2) is 6.52. The maximum absolute atomic E-state index is 12.5. The summed E-state index contributed by atoms with van der Waals surface area (Å²) in [5, 5.41) is 0.520. The maximum atomic E-state index is 12.5. The predicted molar refractivity (Wildman–Crippen MR) is 82.1 cm³/mol. The molecule has 1 amide bonds. The van der Waals surface area contributed by atoms with E-state index in [4.69, 9.17) is 23.2 Å². The zero-order chi connectivity index (χ0) is 15.6. The molecule has 2 rings (SSSR count). The third-order valence-electron chi connectivity index (χ3n) is 3.42. The van der Waals surface area contributed by atoms with Gasteiger partial charge in [0.05, 0.1) is 14.9 Å². The van der Waals surface area contributed by atoms with Crippen molar-refractivity contribution in [3.8, 4) is 0 Å². The van der Waals surface area contributed by atoms with Gasteiger partial charge < -0.3 is 4.90 Å². The summed E-state index contributed by atoms with van der Waals surface area (Å²) in [4.78, 5) is 13.4. The van der Waals surface area contributed by atoms with E-state index in [1.165, 1.54) is 22.5 Å². The van der Waals surface area contributed by atoms with E-state index >= 15 is 0 Å². The highest BCUT2D eigenvalue weighted by Gasteiger charge is 2.29. The van der Waals surface area contributed by atoms with Crippen LogP contribution in [0.1, 0.15) is 13.3 Å². The molecule has 0 atom stereocenters. The largest absolute Gasteiger partial charge is 0.340 e. The fourth-order valence-corrected chi connectivity index (χ4v) is 4.00. The van der Waals surface area contributed by atoms with Gasteiger partial charge in [-0.3, -0.25) is 4.79 Å². The number of rotatable bonds is 3. The number of nitrogens with zero attached hydrogens (tertiary/aromatic N) is 2. The van der Waals surface area contributed by atoms with Crippen LogP contribution in [0, 0.1) is 0 Å². The number of amides is 1. The Hall–Kier alpha value is -0.820. The molecule has 116 valence electrons. The van der Waals surface area contributed by atoms with Crippen LogP contribution in [0.4, 0.5) is 0 Å². The van der Waals surface area contributed by atoms with Crippen molar-refractivity contribution >= 4 is 39.1 Å². The Morgan fingerprint density at radius 1 is 1.14 bits per heavy atom. The van der Waals surface area contributed by atoms with Crippen LogP contribution in [0.2, 0.25) is 10.0 Å². The fraction of sp³-hybridized carbons (Fsp3) is 0.462. The molecular weight excluding hydrogens is 335 g/mol. The van der Waals surface area contributed by atoms with Gasteiger partial charge in [0.15, 0.2) is 0 Å². The molecule has 1 heterocycles. The summed E-state index contributed by atoms with van der Waals surface area (Å²) in [6.07, 6.45) is 0.430. The van der Waals surface area contributed by atoms with Gasteiger partial charge in [0.1, 0.15) is 0 Å². The Labute approximate surface area is 134 Å². The van der Waals surface area contributed by atoms with Crippen LogP contribution in [0.3, 0.4) is 0 Å². The Balaban J connectivity index is 2.14. The van der Waals surface area contributed by atoms with Crippen molar-refractivity contribution in [2.24, 2.45) is 0 Å². The Kier molecular flexibility index (Phi) is 5.14. The molecule has 1 aromatic carbocycles. The molecule has 1 aromatic rings. The average Bonchev–Trinajstić information content (AvgIpc) is 2.49. The molecule has 0 aromatic heterocycles. The molecule has 0 saturated carbocycles. The van der Waals surface area contributed by atoms with E-state index in [0.717, 1.165) is 0 Å². The van der Waals surface area contributed by atoms with E-state index in [1.807, 2.05) is 0 Å². The van der Waals surface area contributed by atoms with E-state index in [2.05, 4.69) is 0 Å². The summed E-state index contributed by atoms with van der Waals surface area (Å²) < 4.78 is 26.4. The van der Waals surface area contributed by atoms with E-state index in [0.29, 0.717) is 24.5 Å². The number of carbonyl (C=O) groups excluding carboxylic acids is 1. The minimum atomic E-state index is -3.60. The third-order valence-corrected chi connectivity index (χ3v) is 6.06. The van der Waals surface area contributed by atoms with Crippen molar-refractivity contribution in [3.05, 3.63) is 28.2 Å². The van der Waals surface area contributed by atoms with Crippen LogP contribution < -0.4 is 0 Å². The van der Waals surface area contributed by atoms with Gasteiger partial charge >= 0.3 is 0 Å². The zero-order valence-electron chi connectivity index (χ0n) is 11.6. The molecule has 0 radical (unpaired) electrons. The SMILES string of the molecule is CCC(=O)N1CCN(S(=O)(=O)c2ccc(Cl)c(Cl)c2)CC1. The van der Waals surface area contributed by atoms with Crippen molar-refractivity contribution in [2.45, 2.75) is 18.2 Å². The molecule has 0 aliphatic carbocycles. The van der Waals surface area contributed by atoms with Gasteiger partial charge in [-0.2, -0.15) is 4.31 Å². The van der Waals surface area contributed by atoms with E-state index in [1.54, 1.807) is 11.8 Å². The summed E-state index contributed by atoms with van der Waals surface area (Å²) in [5.41, 5.74) is 0. The average molecular weight is 351 g/mol. The minimum absolute atomic E-state index is 0.0431. The van der Waals surface area contributed by atoms with Crippen LogP contribution in [0.15, 0.2) is 23.1 Å². The van der Waals surface area contributed by atoms with E-state index in [-0.39, 0.29) is 28.9 Å². The number of halogens is 2. The first-order valence-electron chi connectivity index (χ1n) is 6.59. The lowest BCUT2D eigenvalue weighted by Gasteiger charge is -2.33. The molecule has 1 aliphatic heterocycles. The second-order valence-electron chi connectivity index (χ2n) is 4.71. The predicted octanol–water partition coefficient (Wildman–Crippen LogP) is 2.24. The maximum Gasteiger partial charge on any atom is 0.243 e. The van der Waals surface area contributed by atoms with Crippen molar-refractivity contribution in [1.29, 1.82) is 0 Å². The third kappa shape index (κ3) is 3.51. The number of sulfonamides is 1. The lowest BCUT2D eigenvalue weighted by Crippen LogP contribution is -2.50. The lowest BCUT2D eigenvalue weighted by atomic mass is 10.3. The van der Waals surface area contributed by atoms with Crippen LogP contribution in [0.25, 0.3) is 0 Å². The molecule has 0 unspecified atom stereocenters. The number of carbonyl (C=O) groups is 1. The summed E-state index contributed by atoms with van der Waals surface area (Å²) in [6, 6.07) is 4.25. The van der Waals surface area contributed by atoms with Crippen LogP contribution in [-0.2, 0) is 14.8 Å². The first kappa shape index (κ1) is 16.5. The Morgan fingerprint density at radius 2 is 1.76 bits per heavy atom. The molecule has 21 heavy (non-hydrogen) atoms. The van der Waals surface area contributed by atoms with Gasteiger partial charge in [-0.1, -0.05) is 30.1 Å². The Morgan fingerprint density at radius 3 is 2.29 bits per heavy atom. The molecule has 5 nitrogen and oxygen atoms in total. The van der Waals surface area contributed by atoms with Crippen molar-refractivity contribution in [2.75, 3.05) is 26.2 Å². The molecule has 8 heteroatoms. The molecule has 1 fully saturated rings. The molecule has 1 aliphatic rings. The highest BCUT2D eigenvalue weighted by atomic mass is 35.5. The zero-order valence-corrected chi connectivity index (χ0v) is 13.9. The summed E-state index contributed by atoms with van der Waals surface area (Å²) >= 11 is 11.7. The number of hydrogen-bond acceptors (Lipinski definition) is 3. The van der Waals surface area contributed by atoms with Crippen molar-refractivity contribution in [1.82, 2.24) is 9.21 Å². The monoisotopic (exact) mass is 350 g/mol. The van der Waals surface area contributed by atoms with Crippen molar-refractivity contribution < 1.29 is 13.2 Å².